The standard InChI is InChI=1S/C14H13FN2O2/c15-10-6-7-12(16)13(8-10)19-9-14(18)17-11-4-2-1-3-5-11/h1-8H,9,16H2,(H,17,18). The molecular formula is C14H13FN2O2. The van der Waals surface area contributed by atoms with E-state index in [2.05, 4.69) is 5.32 Å². The molecule has 98 valence electrons. The summed E-state index contributed by atoms with van der Waals surface area (Å²) in [6, 6.07) is 12.7. The van der Waals surface area contributed by atoms with E-state index in [1.165, 1.54) is 12.1 Å². The molecule has 0 fully saturated rings. The van der Waals surface area contributed by atoms with E-state index in [9.17, 15) is 9.18 Å². The van der Waals surface area contributed by atoms with Gasteiger partial charge in [0.2, 0.25) is 0 Å². The summed E-state index contributed by atoms with van der Waals surface area (Å²) in [5.41, 5.74) is 6.56. The van der Waals surface area contributed by atoms with Crippen LogP contribution < -0.4 is 15.8 Å². The van der Waals surface area contributed by atoms with Crippen molar-refractivity contribution in [3.63, 3.8) is 0 Å². The zero-order valence-electron chi connectivity index (χ0n) is 10.1. The van der Waals surface area contributed by atoms with E-state index in [0.717, 1.165) is 6.07 Å². The van der Waals surface area contributed by atoms with Crippen molar-refractivity contribution in [3.8, 4) is 5.75 Å². The van der Waals surface area contributed by atoms with Gasteiger partial charge in [-0.1, -0.05) is 18.2 Å². The summed E-state index contributed by atoms with van der Waals surface area (Å²) >= 11 is 0. The lowest BCUT2D eigenvalue weighted by atomic mass is 10.3. The largest absolute Gasteiger partial charge is 0.481 e. The number of halogens is 1. The molecule has 0 saturated heterocycles. The Morgan fingerprint density at radius 2 is 1.95 bits per heavy atom. The fourth-order valence-electron chi connectivity index (χ4n) is 1.50. The normalized spacial score (nSPS) is 9.95. The molecule has 0 saturated carbocycles. The predicted molar refractivity (Wildman–Crippen MR) is 71.4 cm³/mol. The Hall–Kier alpha value is -2.56. The number of hydrogen-bond acceptors (Lipinski definition) is 3. The van der Waals surface area contributed by atoms with Gasteiger partial charge in [0, 0.05) is 11.8 Å². The molecule has 2 aromatic carbocycles. The van der Waals surface area contributed by atoms with Crippen LogP contribution in [0.5, 0.6) is 5.75 Å². The number of amides is 1. The quantitative estimate of drug-likeness (QED) is 0.830. The van der Waals surface area contributed by atoms with Crippen molar-refractivity contribution >= 4 is 17.3 Å². The first kappa shape index (κ1) is 12.9. The highest BCUT2D eigenvalue weighted by molar-refractivity contribution is 5.91. The van der Waals surface area contributed by atoms with Crippen LogP contribution in [0.3, 0.4) is 0 Å². The number of carbonyl (C=O) groups excluding carboxylic acids is 1. The van der Waals surface area contributed by atoms with Gasteiger partial charge in [0.1, 0.15) is 11.6 Å². The van der Waals surface area contributed by atoms with E-state index in [0.29, 0.717) is 5.69 Å². The maximum Gasteiger partial charge on any atom is 0.262 e. The lowest BCUT2D eigenvalue weighted by molar-refractivity contribution is -0.118. The van der Waals surface area contributed by atoms with Gasteiger partial charge in [0.25, 0.3) is 5.91 Å². The van der Waals surface area contributed by atoms with Gasteiger partial charge in [0.15, 0.2) is 6.61 Å². The molecule has 0 atom stereocenters. The summed E-state index contributed by atoms with van der Waals surface area (Å²) in [6.07, 6.45) is 0. The number of ether oxygens (including phenoxy) is 1. The molecule has 4 nitrogen and oxygen atoms in total. The van der Waals surface area contributed by atoms with Crippen LogP contribution in [0.2, 0.25) is 0 Å². The van der Waals surface area contributed by atoms with Crippen LogP contribution in [-0.2, 0) is 4.79 Å². The molecule has 3 N–H and O–H groups in total. The first-order chi connectivity index (χ1) is 9.15. The predicted octanol–water partition coefficient (Wildman–Crippen LogP) is 2.43. The molecule has 0 unspecified atom stereocenters. The van der Waals surface area contributed by atoms with Gasteiger partial charge in [0.05, 0.1) is 5.69 Å². The van der Waals surface area contributed by atoms with Crippen LogP contribution in [0.1, 0.15) is 0 Å². The topological polar surface area (TPSA) is 64.3 Å². The second-order valence-electron chi connectivity index (χ2n) is 3.89. The summed E-state index contributed by atoms with van der Waals surface area (Å²) in [4.78, 5) is 11.6. The van der Waals surface area contributed by atoms with Gasteiger partial charge in [-0.3, -0.25) is 4.79 Å². The summed E-state index contributed by atoms with van der Waals surface area (Å²) in [5, 5.41) is 2.65. The second-order valence-corrected chi connectivity index (χ2v) is 3.89. The molecule has 0 aliphatic carbocycles. The number of nitrogens with two attached hydrogens (primary N) is 1. The van der Waals surface area contributed by atoms with Crippen molar-refractivity contribution in [3.05, 3.63) is 54.3 Å². The fraction of sp³-hybridized carbons (Fsp3) is 0.0714. The number of hydrogen-bond donors (Lipinski definition) is 2. The van der Waals surface area contributed by atoms with E-state index in [4.69, 9.17) is 10.5 Å². The number of nitrogen functional groups attached to an aromatic ring is 1. The van der Waals surface area contributed by atoms with Crippen molar-refractivity contribution in [1.82, 2.24) is 0 Å². The molecule has 2 aromatic rings. The Kier molecular flexibility index (Phi) is 3.97. The van der Waals surface area contributed by atoms with Gasteiger partial charge in [-0.25, -0.2) is 4.39 Å². The zero-order valence-corrected chi connectivity index (χ0v) is 10.1. The SMILES string of the molecule is Nc1ccc(F)cc1OCC(=O)Nc1ccccc1. The minimum Gasteiger partial charge on any atom is -0.481 e. The van der Waals surface area contributed by atoms with E-state index < -0.39 is 5.82 Å². The first-order valence-electron chi connectivity index (χ1n) is 5.68. The van der Waals surface area contributed by atoms with E-state index in [1.54, 1.807) is 24.3 Å². The van der Waals surface area contributed by atoms with Gasteiger partial charge in [-0.05, 0) is 24.3 Å². The average molecular weight is 260 g/mol. The maximum atomic E-state index is 13.0. The fourth-order valence-corrected chi connectivity index (χ4v) is 1.50. The minimum absolute atomic E-state index is 0.156. The Balaban J connectivity index is 1.92. The number of carbonyl (C=O) groups is 1. The van der Waals surface area contributed by atoms with Crippen LogP contribution in [0.25, 0.3) is 0 Å². The molecule has 5 heteroatoms. The van der Waals surface area contributed by atoms with Crippen LogP contribution >= 0.6 is 0 Å². The molecular weight excluding hydrogens is 247 g/mol. The zero-order chi connectivity index (χ0) is 13.7. The molecule has 19 heavy (non-hydrogen) atoms. The minimum atomic E-state index is -0.465. The number of anilines is 2. The molecule has 0 bridgehead atoms. The molecule has 1 amide bonds. The maximum absolute atomic E-state index is 13.0. The average Bonchev–Trinajstić information content (AvgIpc) is 2.41. The van der Waals surface area contributed by atoms with Gasteiger partial charge in [-0.15, -0.1) is 0 Å². The van der Waals surface area contributed by atoms with Gasteiger partial charge in [-0.2, -0.15) is 0 Å². The van der Waals surface area contributed by atoms with E-state index in [1.807, 2.05) is 6.07 Å². The summed E-state index contributed by atoms with van der Waals surface area (Å²) < 4.78 is 18.2. The Morgan fingerprint density at radius 1 is 1.21 bits per heavy atom. The van der Waals surface area contributed by atoms with Gasteiger partial charge < -0.3 is 15.8 Å². The lowest BCUT2D eigenvalue weighted by Gasteiger charge is -2.09. The van der Waals surface area contributed by atoms with Crippen molar-refractivity contribution in [1.29, 1.82) is 0 Å². The van der Waals surface area contributed by atoms with Crippen LogP contribution in [0.4, 0.5) is 15.8 Å². The smallest absolute Gasteiger partial charge is 0.262 e. The van der Waals surface area contributed by atoms with Crippen LogP contribution in [-0.4, -0.2) is 12.5 Å². The number of rotatable bonds is 4. The third kappa shape index (κ3) is 3.70. The highest BCUT2D eigenvalue weighted by Gasteiger charge is 2.06. The number of para-hydroxylation sites is 1. The molecule has 0 spiro atoms. The highest BCUT2D eigenvalue weighted by Crippen LogP contribution is 2.21. The molecule has 0 aromatic heterocycles. The summed E-state index contributed by atoms with van der Waals surface area (Å²) in [7, 11) is 0. The molecule has 0 aliphatic heterocycles. The summed E-state index contributed by atoms with van der Waals surface area (Å²) in [5.74, 6) is -0.647. The lowest BCUT2D eigenvalue weighted by Crippen LogP contribution is -2.20. The van der Waals surface area contributed by atoms with Gasteiger partial charge >= 0.3 is 0 Å². The van der Waals surface area contributed by atoms with E-state index >= 15 is 0 Å². The van der Waals surface area contributed by atoms with Crippen molar-refractivity contribution in [2.45, 2.75) is 0 Å². The number of benzene rings is 2. The first-order valence-corrected chi connectivity index (χ1v) is 5.68. The Morgan fingerprint density at radius 3 is 2.68 bits per heavy atom. The van der Waals surface area contributed by atoms with E-state index in [-0.39, 0.29) is 24.0 Å². The molecule has 0 radical (unpaired) electrons. The summed E-state index contributed by atoms with van der Waals surface area (Å²) in [6.45, 7) is -0.234. The highest BCUT2D eigenvalue weighted by atomic mass is 19.1. The van der Waals surface area contributed by atoms with Crippen molar-refractivity contribution in [2.75, 3.05) is 17.7 Å². The van der Waals surface area contributed by atoms with Crippen molar-refractivity contribution < 1.29 is 13.9 Å². The second kappa shape index (κ2) is 5.86. The number of nitrogens with one attached hydrogen (secondary N) is 1. The van der Waals surface area contributed by atoms with Crippen LogP contribution in [0, 0.1) is 5.82 Å². The Bertz CT molecular complexity index is 573. The third-order valence-corrected chi connectivity index (χ3v) is 2.39. The third-order valence-electron chi connectivity index (χ3n) is 2.39. The molecule has 0 aliphatic rings. The Labute approximate surface area is 110 Å². The molecule has 2 rings (SSSR count). The molecule has 0 heterocycles. The monoisotopic (exact) mass is 260 g/mol. The van der Waals surface area contributed by atoms with Crippen molar-refractivity contribution in [2.24, 2.45) is 0 Å². The van der Waals surface area contributed by atoms with Crippen LogP contribution in [0.15, 0.2) is 48.5 Å².